The number of nitrogens with zero attached hydrogens (tertiary/aromatic N) is 2. The molecule has 3 nitrogen and oxygen atoms in total. The quantitative estimate of drug-likeness (QED) is 0.318. The number of hydrogen-bond donors (Lipinski definition) is 1. The number of rotatable bonds is 4. The van der Waals surface area contributed by atoms with E-state index in [1.165, 1.54) is 11.8 Å². The molecule has 0 bridgehead atoms. The number of hydrogen-bond acceptors (Lipinski definition) is 2. The van der Waals surface area contributed by atoms with Gasteiger partial charge in [-0.15, -0.1) is 24.2 Å². The van der Waals surface area contributed by atoms with Gasteiger partial charge in [0.25, 0.3) is 0 Å². The maximum Gasteiger partial charge on any atom is 0.417 e. The Hall–Kier alpha value is -1.38. The molecule has 0 unspecified atom stereocenters. The number of aliphatic imine (C=N–C) groups is 1. The van der Waals surface area contributed by atoms with Crippen molar-refractivity contribution < 1.29 is 13.2 Å². The van der Waals surface area contributed by atoms with Gasteiger partial charge < -0.3 is 10.6 Å². The molecule has 2 rings (SSSR count). The Labute approximate surface area is 175 Å². The monoisotopic (exact) mass is 481 g/mol. The van der Waals surface area contributed by atoms with Crippen molar-refractivity contribution >= 4 is 57.4 Å². The number of benzene rings is 2. The lowest BCUT2D eigenvalue weighted by Gasteiger charge is -2.20. The molecule has 2 aromatic carbocycles. The van der Waals surface area contributed by atoms with Crippen LogP contribution in [0.25, 0.3) is 0 Å². The summed E-state index contributed by atoms with van der Waals surface area (Å²) in [7, 11) is 1.73. The molecular weight excluding hydrogens is 463 g/mol. The predicted octanol–water partition coefficient (Wildman–Crippen LogP) is 6.26. The third-order valence-corrected chi connectivity index (χ3v) is 5.39. The molecule has 0 atom stereocenters. The number of aryl methyl sites for hydroxylation is 1. The number of alkyl halides is 3. The van der Waals surface area contributed by atoms with E-state index >= 15 is 0 Å². The summed E-state index contributed by atoms with van der Waals surface area (Å²) in [5.41, 5.74) is 7.38. The highest BCUT2D eigenvalue weighted by molar-refractivity contribution is 9.10. The Bertz CT molecular complexity index is 828. The van der Waals surface area contributed by atoms with Crippen LogP contribution in [-0.4, -0.2) is 19.3 Å². The fourth-order valence-electron chi connectivity index (χ4n) is 2.30. The Kier molecular flexibility index (Phi) is 8.50. The second-order valence-corrected chi connectivity index (χ2v) is 7.23. The first-order chi connectivity index (χ1) is 12.2. The van der Waals surface area contributed by atoms with E-state index in [1.807, 2.05) is 31.2 Å². The van der Waals surface area contributed by atoms with Crippen LogP contribution in [0, 0.1) is 0 Å². The first-order valence-electron chi connectivity index (χ1n) is 7.79. The van der Waals surface area contributed by atoms with Gasteiger partial charge in [0.1, 0.15) is 0 Å². The molecule has 2 aromatic rings. The lowest BCUT2D eigenvalue weighted by atomic mass is 10.1. The van der Waals surface area contributed by atoms with Gasteiger partial charge in [0, 0.05) is 17.6 Å². The Morgan fingerprint density at radius 3 is 2.48 bits per heavy atom. The molecule has 0 aromatic heterocycles. The minimum Gasteiger partial charge on any atom is -0.369 e. The van der Waals surface area contributed by atoms with E-state index in [4.69, 9.17) is 5.73 Å². The SMILES string of the molecule is CCc1cccc(N(C)C(N)=Nc2cc(SC)cc(C(F)(F)F)c2Br)c1.Cl. The van der Waals surface area contributed by atoms with Crippen LogP contribution >= 0.6 is 40.1 Å². The van der Waals surface area contributed by atoms with Gasteiger partial charge >= 0.3 is 6.18 Å². The first kappa shape index (κ1) is 23.7. The summed E-state index contributed by atoms with van der Waals surface area (Å²) in [5, 5.41) is 0. The van der Waals surface area contributed by atoms with Gasteiger partial charge in [-0.3, -0.25) is 0 Å². The topological polar surface area (TPSA) is 41.6 Å². The van der Waals surface area contributed by atoms with Gasteiger partial charge in [-0.1, -0.05) is 19.1 Å². The Morgan fingerprint density at radius 2 is 1.93 bits per heavy atom. The van der Waals surface area contributed by atoms with E-state index in [9.17, 15) is 13.2 Å². The third-order valence-electron chi connectivity index (χ3n) is 3.85. The van der Waals surface area contributed by atoms with Crippen LogP contribution in [0.1, 0.15) is 18.1 Å². The van der Waals surface area contributed by atoms with Gasteiger partial charge in [0.15, 0.2) is 0 Å². The van der Waals surface area contributed by atoms with E-state index in [2.05, 4.69) is 20.9 Å². The van der Waals surface area contributed by atoms with Crippen LogP contribution in [0.15, 0.2) is 50.8 Å². The van der Waals surface area contributed by atoms with Crippen LogP contribution in [0.4, 0.5) is 24.5 Å². The molecule has 9 heteroatoms. The molecule has 27 heavy (non-hydrogen) atoms. The highest BCUT2D eigenvalue weighted by Crippen LogP contribution is 2.42. The van der Waals surface area contributed by atoms with Gasteiger partial charge in [0.2, 0.25) is 5.96 Å². The van der Waals surface area contributed by atoms with Gasteiger partial charge in [-0.2, -0.15) is 13.2 Å². The van der Waals surface area contributed by atoms with Crippen molar-refractivity contribution in [2.24, 2.45) is 10.7 Å². The normalized spacial score (nSPS) is 11.9. The second-order valence-electron chi connectivity index (χ2n) is 5.56. The first-order valence-corrected chi connectivity index (χ1v) is 9.80. The summed E-state index contributed by atoms with van der Waals surface area (Å²) >= 11 is 4.24. The van der Waals surface area contributed by atoms with Crippen molar-refractivity contribution in [2.75, 3.05) is 18.2 Å². The van der Waals surface area contributed by atoms with Gasteiger partial charge in [-0.05, 0) is 58.4 Å². The highest BCUT2D eigenvalue weighted by Gasteiger charge is 2.34. The molecule has 148 valence electrons. The van der Waals surface area contributed by atoms with Crippen LogP contribution < -0.4 is 10.6 Å². The number of nitrogens with two attached hydrogens (primary N) is 1. The molecule has 0 saturated heterocycles. The van der Waals surface area contributed by atoms with E-state index in [1.54, 1.807) is 24.3 Å². The summed E-state index contributed by atoms with van der Waals surface area (Å²) in [6.07, 6.45) is -1.90. The zero-order valence-electron chi connectivity index (χ0n) is 15.0. The van der Waals surface area contributed by atoms with Gasteiger partial charge in [0.05, 0.1) is 15.7 Å². The summed E-state index contributed by atoms with van der Waals surface area (Å²) in [4.78, 5) is 6.34. The third kappa shape index (κ3) is 5.80. The summed E-state index contributed by atoms with van der Waals surface area (Å²) in [6.45, 7) is 2.04. The number of anilines is 1. The molecule has 0 aliphatic rings. The van der Waals surface area contributed by atoms with Crippen LogP contribution in [-0.2, 0) is 12.6 Å². The molecule has 0 spiro atoms. The van der Waals surface area contributed by atoms with E-state index in [0.717, 1.165) is 23.7 Å². The van der Waals surface area contributed by atoms with E-state index in [-0.39, 0.29) is 28.5 Å². The minimum absolute atomic E-state index is 0. The van der Waals surface area contributed by atoms with E-state index < -0.39 is 11.7 Å². The second kappa shape index (κ2) is 9.71. The van der Waals surface area contributed by atoms with Crippen LogP contribution in [0.3, 0.4) is 0 Å². The summed E-state index contributed by atoms with van der Waals surface area (Å²) in [6, 6.07) is 10.4. The number of thioether (sulfide) groups is 1. The average Bonchev–Trinajstić information content (AvgIpc) is 2.61. The van der Waals surface area contributed by atoms with Crippen molar-refractivity contribution in [1.82, 2.24) is 0 Å². The molecule has 0 saturated carbocycles. The smallest absolute Gasteiger partial charge is 0.369 e. The number of guanidine groups is 1. The van der Waals surface area contributed by atoms with Crippen LogP contribution in [0.5, 0.6) is 0 Å². The summed E-state index contributed by atoms with van der Waals surface area (Å²) < 4.78 is 39.7. The fourth-order valence-corrected chi connectivity index (χ4v) is 3.31. The zero-order valence-corrected chi connectivity index (χ0v) is 18.2. The highest BCUT2D eigenvalue weighted by atomic mass is 79.9. The molecule has 0 heterocycles. The largest absolute Gasteiger partial charge is 0.417 e. The summed E-state index contributed by atoms with van der Waals surface area (Å²) in [5.74, 6) is 0.102. The minimum atomic E-state index is -4.48. The predicted molar refractivity (Wildman–Crippen MR) is 114 cm³/mol. The lowest BCUT2D eigenvalue weighted by Crippen LogP contribution is -2.33. The average molecular weight is 483 g/mol. The Balaban J connectivity index is 0.00000364. The number of halogens is 5. The molecule has 0 radical (unpaired) electrons. The maximum absolute atomic E-state index is 13.3. The molecule has 0 fully saturated rings. The maximum atomic E-state index is 13.3. The fraction of sp³-hybridized carbons (Fsp3) is 0.278. The molecule has 0 aliphatic carbocycles. The van der Waals surface area contributed by atoms with E-state index in [0.29, 0.717) is 4.90 Å². The molecule has 0 amide bonds. The zero-order chi connectivity index (χ0) is 19.5. The van der Waals surface area contributed by atoms with Crippen molar-refractivity contribution in [3.05, 3.63) is 52.0 Å². The van der Waals surface area contributed by atoms with Crippen LogP contribution in [0.2, 0.25) is 0 Å². The molecule has 0 aliphatic heterocycles. The van der Waals surface area contributed by atoms with Crippen molar-refractivity contribution in [1.29, 1.82) is 0 Å². The standard InChI is InChI=1S/C18H19BrF3N3S.ClH/c1-4-11-6-5-7-12(8-11)25(2)17(23)24-15-10-13(26-3)9-14(16(15)19)18(20,21)22;/h5-10H,4H2,1-3H3,(H2,23,24);1H. The van der Waals surface area contributed by atoms with Crippen molar-refractivity contribution in [3.63, 3.8) is 0 Å². The van der Waals surface area contributed by atoms with Gasteiger partial charge in [-0.25, -0.2) is 4.99 Å². The molecular formula is C18H20BrClF3N3S. The lowest BCUT2D eigenvalue weighted by molar-refractivity contribution is -0.138. The molecule has 2 N–H and O–H groups in total. The Morgan fingerprint density at radius 1 is 1.26 bits per heavy atom. The van der Waals surface area contributed by atoms with Crippen molar-refractivity contribution in [2.45, 2.75) is 24.4 Å². The van der Waals surface area contributed by atoms with Crippen molar-refractivity contribution in [3.8, 4) is 0 Å².